The normalized spacial score (nSPS) is 16.3. The van der Waals surface area contributed by atoms with Crippen LogP contribution >= 0.6 is 0 Å². The zero-order chi connectivity index (χ0) is 16.2. The minimum absolute atomic E-state index is 0.0280. The summed E-state index contributed by atoms with van der Waals surface area (Å²) in [5, 5.41) is 5.57. The quantitative estimate of drug-likeness (QED) is 0.814. The summed E-state index contributed by atoms with van der Waals surface area (Å²) in [7, 11) is 0. The van der Waals surface area contributed by atoms with Crippen molar-refractivity contribution in [3.63, 3.8) is 0 Å². The highest BCUT2D eigenvalue weighted by atomic mass is 16.2. The Labute approximate surface area is 134 Å². The second-order valence-corrected chi connectivity index (χ2v) is 5.69. The number of carbonyl (C=O) groups excluding carboxylic acids is 2. The molecule has 0 unspecified atom stereocenters. The molecule has 0 spiro atoms. The first-order chi connectivity index (χ1) is 11.1. The van der Waals surface area contributed by atoms with Crippen LogP contribution in [0.5, 0.6) is 0 Å². The van der Waals surface area contributed by atoms with Gasteiger partial charge in [0.15, 0.2) is 0 Å². The van der Waals surface area contributed by atoms with E-state index in [4.69, 9.17) is 5.73 Å². The maximum absolute atomic E-state index is 12.5. The van der Waals surface area contributed by atoms with Crippen molar-refractivity contribution in [3.05, 3.63) is 65.2 Å². The SMILES string of the molecule is NC(=O)Nc1cccc(C(=O)N[C@@H]2CCCc3ccccc32)c1. The summed E-state index contributed by atoms with van der Waals surface area (Å²) in [5.74, 6) is -0.153. The van der Waals surface area contributed by atoms with Gasteiger partial charge in [0.05, 0.1) is 6.04 Å². The van der Waals surface area contributed by atoms with E-state index in [2.05, 4.69) is 22.8 Å². The van der Waals surface area contributed by atoms with E-state index < -0.39 is 6.03 Å². The Kier molecular flexibility index (Phi) is 4.28. The van der Waals surface area contributed by atoms with Gasteiger partial charge in [0.25, 0.3) is 5.91 Å². The van der Waals surface area contributed by atoms with Crippen LogP contribution in [0.15, 0.2) is 48.5 Å². The Balaban J connectivity index is 1.76. The van der Waals surface area contributed by atoms with Crippen LogP contribution < -0.4 is 16.4 Å². The lowest BCUT2D eigenvalue weighted by Crippen LogP contribution is -2.31. The van der Waals surface area contributed by atoms with Crippen LogP contribution in [-0.2, 0) is 6.42 Å². The molecule has 0 saturated carbocycles. The molecule has 1 aliphatic rings. The monoisotopic (exact) mass is 309 g/mol. The molecule has 0 aromatic heterocycles. The molecule has 5 nitrogen and oxygen atoms in total. The van der Waals surface area contributed by atoms with Crippen molar-refractivity contribution in [2.75, 3.05) is 5.32 Å². The lowest BCUT2D eigenvalue weighted by atomic mass is 9.87. The van der Waals surface area contributed by atoms with Gasteiger partial charge in [-0.05, 0) is 48.6 Å². The van der Waals surface area contributed by atoms with Crippen LogP contribution in [0.2, 0.25) is 0 Å². The van der Waals surface area contributed by atoms with E-state index in [0.717, 1.165) is 19.3 Å². The topological polar surface area (TPSA) is 84.2 Å². The van der Waals surface area contributed by atoms with E-state index in [1.807, 2.05) is 12.1 Å². The third kappa shape index (κ3) is 3.51. The molecule has 3 rings (SSSR count). The minimum Gasteiger partial charge on any atom is -0.351 e. The van der Waals surface area contributed by atoms with Crippen LogP contribution in [0.4, 0.5) is 10.5 Å². The molecule has 4 N–H and O–H groups in total. The molecule has 2 aromatic carbocycles. The molecule has 118 valence electrons. The van der Waals surface area contributed by atoms with Crippen molar-refractivity contribution in [1.29, 1.82) is 0 Å². The van der Waals surface area contributed by atoms with E-state index >= 15 is 0 Å². The molecule has 1 atom stereocenters. The second kappa shape index (κ2) is 6.52. The zero-order valence-corrected chi connectivity index (χ0v) is 12.7. The molecule has 0 fully saturated rings. The van der Waals surface area contributed by atoms with Crippen molar-refractivity contribution in [2.24, 2.45) is 5.73 Å². The number of amides is 3. The first-order valence-corrected chi connectivity index (χ1v) is 7.68. The van der Waals surface area contributed by atoms with Crippen LogP contribution in [0.3, 0.4) is 0 Å². The van der Waals surface area contributed by atoms with Crippen molar-refractivity contribution < 1.29 is 9.59 Å². The van der Waals surface area contributed by atoms with Gasteiger partial charge in [-0.1, -0.05) is 30.3 Å². The number of urea groups is 1. The third-order valence-electron chi connectivity index (χ3n) is 4.07. The standard InChI is InChI=1S/C18H19N3O2/c19-18(23)20-14-8-3-7-13(11-14)17(22)21-16-10-4-6-12-5-1-2-9-15(12)16/h1-3,5,7-9,11,16H,4,6,10H2,(H,21,22)(H3,19,20,23)/t16-/m1/s1. The van der Waals surface area contributed by atoms with Crippen LogP contribution in [-0.4, -0.2) is 11.9 Å². The zero-order valence-electron chi connectivity index (χ0n) is 12.7. The third-order valence-corrected chi connectivity index (χ3v) is 4.07. The second-order valence-electron chi connectivity index (χ2n) is 5.69. The first-order valence-electron chi connectivity index (χ1n) is 7.68. The number of nitrogens with one attached hydrogen (secondary N) is 2. The van der Waals surface area contributed by atoms with Gasteiger partial charge in [-0.3, -0.25) is 4.79 Å². The number of aryl methyl sites for hydroxylation is 1. The number of hydrogen-bond donors (Lipinski definition) is 3. The van der Waals surface area contributed by atoms with Gasteiger partial charge in [-0.15, -0.1) is 0 Å². The summed E-state index contributed by atoms with van der Waals surface area (Å²) in [6.07, 6.45) is 3.05. The number of benzene rings is 2. The van der Waals surface area contributed by atoms with Crippen molar-refractivity contribution in [3.8, 4) is 0 Å². The molecule has 0 saturated heterocycles. The number of carbonyl (C=O) groups is 2. The Hall–Kier alpha value is -2.82. The Morgan fingerprint density at radius 3 is 2.74 bits per heavy atom. The number of nitrogens with two attached hydrogens (primary N) is 1. The van der Waals surface area contributed by atoms with Gasteiger partial charge in [0.1, 0.15) is 0 Å². The highest BCUT2D eigenvalue weighted by Crippen LogP contribution is 2.29. The lowest BCUT2D eigenvalue weighted by molar-refractivity contribution is 0.0932. The Bertz CT molecular complexity index is 743. The summed E-state index contributed by atoms with van der Waals surface area (Å²) < 4.78 is 0. The van der Waals surface area contributed by atoms with Crippen LogP contribution in [0.1, 0.15) is 40.4 Å². The molecule has 0 radical (unpaired) electrons. The Morgan fingerprint density at radius 1 is 1.09 bits per heavy atom. The maximum Gasteiger partial charge on any atom is 0.316 e. The average molecular weight is 309 g/mol. The number of anilines is 1. The summed E-state index contributed by atoms with van der Waals surface area (Å²) in [6.45, 7) is 0. The Morgan fingerprint density at radius 2 is 1.91 bits per heavy atom. The highest BCUT2D eigenvalue weighted by molar-refractivity contribution is 5.96. The molecule has 1 aliphatic carbocycles. The van der Waals surface area contributed by atoms with Gasteiger partial charge in [0.2, 0.25) is 0 Å². The van der Waals surface area contributed by atoms with Crippen LogP contribution in [0, 0.1) is 0 Å². The van der Waals surface area contributed by atoms with E-state index in [-0.39, 0.29) is 11.9 Å². The van der Waals surface area contributed by atoms with E-state index in [0.29, 0.717) is 11.3 Å². The smallest absolute Gasteiger partial charge is 0.316 e. The summed E-state index contributed by atoms with van der Waals surface area (Å²) in [4.78, 5) is 23.4. The van der Waals surface area contributed by atoms with E-state index in [9.17, 15) is 9.59 Å². The minimum atomic E-state index is -0.649. The molecular weight excluding hydrogens is 290 g/mol. The molecule has 23 heavy (non-hydrogen) atoms. The van der Waals surface area contributed by atoms with Gasteiger partial charge in [0, 0.05) is 11.3 Å². The number of fused-ring (bicyclic) bond motifs is 1. The first kappa shape index (κ1) is 15.1. The van der Waals surface area contributed by atoms with E-state index in [1.54, 1.807) is 24.3 Å². The van der Waals surface area contributed by atoms with E-state index in [1.165, 1.54) is 11.1 Å². The molecule has 3 amide bonds. The van der Waals surface area contributed by atoms with Gasteiger partial charge in [-0.25, -0.2) is 4.79 Å². The number of rotatable bonds is 3. The summed E-state index contributed by atoms with van der Waals surface area (Å²) >= 11 is 0. The predicted octanol–water partition coefficient (Wildman–Crippen LogP) is 2.98. The molecule has 5 heteroatoms. The van der Waals surface area contributed by atoms with Gasteiger partial charge < -0.3 is 16.4 Å². The molecule has 0 bridgehead atoms. The molecule has 2 aromatic rings. The highest BCUT2D eigenvalue weighted by Gasteiger charge is 2.21. The van der Waals surface area contributed by atoms with Gasteiger partial charge >= 0.3 is 6.03 Å². The number of hydrogen-bond acceptors (Lipinski definition) is 2. The molecule has 0 aliphatic heterocycles. The van der Waals surface area contributed by atoms with Crippen molar-refractivity contribution >= 4 is 17.6 Å². The largest absolute Gasteiger partial charge is 0.351 e. The van der Waals surface area contributed by atoms with Crippen molar-refractivity contribution in [2.45, 2.75) is 25.3 Å². The fraction of sp³-hybridized carbons (Fsp3) is 0.222. The predicted molar refractivity (Wildman–Crippen MR) is 89.2 cm³/mol. The number of primary amides is 1. The summed E-state index contributed by atoms with van der Waals surface area (Å²) in [6, 6.07) is 14.3. The lowest BCUT2D eigenvalue weighted by Gasteiger charge is -2.26. The van der Waals surface area contributed by atoms with Crippen molar-refractivity contribution in [1.82, 2.24) is 5.32 Å². The fourth-order valence-electron chi connectivity index (χ4n) is 3.03. The maximum atomic E-state index is 12.5. The fourth-order valence-corrected chi connectivity index (χ4v) is 3.03. The molecule has 0 heterocycles. The van der Waals surface area contributed by atoms with Gasteiger partial charge in [-0.2, -0.15) is 0 Å². The molecular formula is C18H19N3O2. The summed E-state index contributed by atoms with van der Waals surface area (Å²) in [5.41, 5.74) is 8.60. The average Bonchev–Trinajstić information content (AvgIpc) is 2.55. The van der Waals surface area contributed by atoms with Crippen LogP contribution in [0.25, 0.3) is 0 Å².